The van der Waals surface area contributed by atoms with Gasteiger partial charge < -0.3 is 19.4 Å². The Morgan fingerprint density at radius 3 is 2.90 bits per heavy atom. The smallest absolute Gasteiger partial charge is 0.251 e. The summed E-state index contributed by atoms with van der Waals surface area (Å²) in [6.07, 6.45) is 1.42. The van der Waals surface area contributed by atoms with Gasteiger partial charge >= 0.3 is 0 Å². The largest absolute Gasteiger partial charge is 0.454 e. The molecule has 0 saturated heterocycles. The van der Waals surface area contributed by atoms with Gasteiger partial charge in [0.15, 0.2) is 11.5 Å². The summed E-state index contributed by atoms with van der Waals surface area (Å²) < 4.78 is 11.7. The Hall–Kier alpha value is -2.47. The van der Waals surface area contributed by atoms with Crippen LogP contribution in [0.25, 0.3) is 0 Å². The van der Waals surface area contributed by atoms with E-state index in [2.05, 4.69) is 5.32 Å². The standard InChI is InChI=1S/C14H11ClN2O4/c15-9-1-4-14(19)17(6-9)7-13(18)16-10-2-3-11-12(5-10)21-8-20-11/h1-6H,7-8H2,(H,16,18). The zero-order valence-corrected chi connectivity index (χ0v) is 11.6. The van der Waals surface area contributed by atoms with E-state index in [0.29, 0.717) is 22.2 Å². The molecule has 1 aromatic heterocycles. The second-order valence-corrected chi connectivity index (χ2v) is 4.87. The van der Waals surface area contributed by atoms with E-state index >= 15 is 0 Å². The lowest BCUT2D eigenvalue weighted by Gasteiger charge is -2.08. The second kappa shape index (κ2) is 5.49. The van der Waals surface area contributed by atoms with Crippen LogP contribution in [-0.2, 0) is 11.3 Å². The van der Waals surface area contributed by atoms with Crippen molar-refractivity contribution in [2.24, 2.45) is 0 Å². The van der Waals surface area contributed by atoms with Crippen LogP contribution in [-0.4, -0.2) is 17.3 Å². The van der Waals surface area contributed by atoms with E-state index in [1.807, 2.05) is 0 Å². The highest BCUT2D eigenvalue weighted by Gasteiger charge is 2.14. The fourth-order valence-electron chi connectivity index (χ4n) is 1.96. The monoisotopic (exact) mass is 306 g/mol. The van der Waals surface area contributed by atoms with Crippen molar-refractivity contribution in [1.82, 2.24) is 4.57 Å². The molecule has 1 N–H and O–H groups in total. The number of nitrogens with zero attached hydrogens (tertiary/aromatic N) is 1. The van der Waals surface area contributed by atoms with E-state index in [-0.39, 0.29) is 24.8 Å². The average molecular weight is 307 g/mol. The number of ether oxygens (including phenoxy) is 2. The van der Waals surface area contributed by atoms with Crippen LogP contribution in [0.1, 0.15) is 0 Å². The van der Waals surface area contributed by atoms with Crippen molar-refractivity contribution in [3.8, 4) is 11.5 Å². The third kappa shape index (κ3) is 3.00. The number of rotatable bonds is 3. The lowest BCUT2D eigenvalue weighted by molar-refractivity contribution is -0.116. The number of carbonyl (C=O) groups is 1. The first-order valence-corrected chi connectivity index (χ1v) is 6.55. The van der Waals surface area contributed by atoms with Gasteiger partial charge in [-0.05, 0) is 18.2 Å². The van der Waals surface area contributed by atoms with Gasteiger partial charge in [0.1, 0.15) is 6.54 Å². The van der Waals surface area contributed by atoms with E-state index in [4.69, 9.17) is 21.1 Å². The van der Waals surface area contributed by atoms with Crippen molar-refractivity contribution in [3.63, 3.8) is 0 Å². The Labute approximate surface area is 124 Å². The van der Waals surface area contributed by atoms with Gasteiger partial charge in [0, 0.05) is 24.0 Å². The molecule has 0 radical (unpaired) electrons. The summed E-state index contributed by atoms with van der Waals surface area (Å²) in [5.41, 5.74) is 0.277. The summed E-state index contributed by atoms with van der Waals surface area (Å²) in [5.74, 6) is 0.880. The molecule has 108 valence electrons. The Kier molecular flexibility index (Phi) is 3.53. The molecule has 0 spiro atoms. The van der Waals surface area contributed by atoms with E-state index in [0.717, 1.165) is 0 Å². The van der Waals surface area contributed by atoms with Crippen molar-refractivity contribution in [2.75, 3.05) is 12.1 Å². The highest BCUT2D eigenvalue weighted by molar-refractivity contribution is 6.30. The van der Waals surface area contributed by atoms with Crippen molar-refractivity contribution in [2.45, 2.75) is 6.54 Å². The lowest BCUT2D eigenvalue weighted by Crippen LogP contribution is -2.26. The number of nitrogens with one attached hydrogen (secondary N) is 1. The zero-order chi connectivity index (χ0) is 14.8. The molecule has 21 heavy (non-hydrogen) atoms. The molecule has 2 aromatic rings. The van der Waals surface area contributed by atoms with Crippen LogP contribution in [0.2, 0.25) is 5.02 Å². The van der Waals surface area contributed by atoms with Crippen LogP contribution in [0.4, 0.5) is 5.69 Å². The van der Waals surface area contributed by atoms with Gasteiger partial charge in [-0.3, -0.25) is 9.59 Å². The van der Waals surface area contributed by atoms with Crippen LogP contribution in [0.3, 0.4) is 0 Å². The van der Waals surface area contributed by atoms with Gasteiger partial charge in [0.05, 0.1) is 5.02 Å². The van der Waals surface area contributed by atoms with Crippen molar-refractivity contribution in [3.05, 3.63) is 51.9 Å². The molecule has 3 rings (SSSR count). The van der Waals surface area contributed by atoms with E-state index in [9.17, 15) is 9.59 Å². The molecule has 2 heterocycles. The molecule has 6 nitrogen and oxygen atoms in total. The summed E-state index contributed by atoms with van der Waals surface area (Å²) in [6.45, 7) is 0.0540. The summed E-state index contributed by atoms with van der Waals surface area (Å²) >= 11 is 5.80. The SMILES string of the molecule is O=C(Cn1cc(Cl)ccc1=O)Nc1ccc2c(c1)OCO2. The predicted octanol–water partition coefficient (Wildman–Crippen LogP) is 1.87. The first-order chi connectivity index (χ1) is 10.1. The fraction of sp³-hybridized carbons (Fsp3) is 0.143. The van der Waals surface area contributed by atoms with Gasteiger partial charge in [0.2, 0.25) is 12.7 Å². The van der Waals surface area contributed by atoms with Crippen molar-refractivity contribution < 1.29 is 14.3 Å². The molecular formula is C14H11ClN2O4. The molecule has 0 saturated carbocycles. The number of aromatic nitrogens is 1. The maximum atomic E-state index is 12.0. The highest BCUT2D eigenvalue weighted by Crippen LogP contribution is 2.34. The van der Waals surface area contributed by atoms with Gasteiger partial charge in [0.25, 0.3) is 5.56 Å². The van der Waals surface area contributed by atoms with E-state index in [1.54, 1.807) is 18.2 Å². The van der Waals surface area contributed by atoms with Crippen LogP contribution in [0.5, 0.6) is 11.5 Å². The molecule has 0 bridgehead atoms. The van der Waals surface area contributed by atoms with Crippen LogP contribution < -0.4 is 20.3 Å². The zero-order valence-electron chi connectivity index (χ0n) is 10.8. The van der Waals surface area contributed by atoms with Crippen molar-refractivity contribution in [1.29, 1.82) is 0 Å². The second-order valence-electron chi connectivity index (χ2n) is 4.43. The van der Waals surface area contributed by atoms with E-state index < -0.39 is 0 Å². The number of fused-ring (bicyclic) bond motifs is 1. The molecule has 0 fully saturated rings. The van der Waals surface area contributed by atoms with Crippen LogP contribution >= 0.6 is 11.6 Å². The topological polar surface area (TPSA) is 69.6 Å². The number of hydrogen-bond acceptors (Lipinski definition) is 4. The third-order valence-electron chi connectivity index (χ3n) is 2.92. The number of halogens is 1. The predicted molar refractivity (Wildman–Crippen MR) is 76.9 cm³/mol. The van der Waals surface area contributed by atoms with Crippen LogP contribution in [0.15, 0.2) is 41.3 Å². The number of amides is 1. The minimum Gasteiger partial charge on any atom is -0.454 e. The Morgan fingerprint density at radius 2 is 2.05 bits per heavy atom. The molecule has 0 atom stereocenters. The van der Waals surface area contributed by atoms with Gasteiger partial charge in [-0.25, -0.2) is 0 Å². The number of benzene rings is 1. The number of anilines is 1. The molecule has 1 amide bonds. The molecule has 0 aliphatic carbocycles. The normalized spacial score (nSPS) is 12.2. The maximum absolute atomic E-state index is 12.0. The first kappa shape index (κ1) is 13.5. The molecule has 1 aromatic carbocycles. The number of carbonyl (C=O) groups excluding carboxylic acids is 1. The lowest BCUT2D eigenvalue weighted by atomic mass is 10.3. The van der Waals surface area contributed by atoms with Crippen LogP contribution in [0, 0.1) is 0 Å². The van der Waals surface area contributed by atoms with Crippen molar-refractivity contribution >= 4 is 23.2 Å². The van der Waals surface area contributed by atoms with E-state index in [1.165, 1.54) is 22.9 Å². The Balaban J connectivity index is 1.72. The molecule has 1 aliphatic heterocycles. The minimum absolute atomic E-state index is 0.117. The highest BCUT2D eigenvalue weighted by atomic mass is 35.5. The minimum atomic E-state index is -0.335. The third-order valence-corrected chi connectivity index (χ3v) is 3.14. The average Bonchev–Trinajstić information content (AvgIpc) is 2.90. The molecule has 0 unspecified atom stereocenters. The summed E-state index contributed by atoms with van der Waals surface area (Å²) in [5, 5.41) is 3.08. The summed E-state index contributed by atoms with van der Waals surface area (Å²) in [4.78, 5) is 23.6. The summed E-state index contributed by atoms with van der Waals surface area (Å²) in [6, 6.07) is 7.88. The summed E-state index contributed by atoms with van der Waals surface area (Å²) in [7, 11) is 0. The molecular weight excluding hydrogens is 296 g/mol. The maximum Gasteiger partial charge on any atom is 0.251 e. The van der Waals surface area contributed by atoms with Gasteiger partial charge in [-0.2, -0.15) is 0 Å². The first-order valence-electron chi connectivity index (χ1n) is 6.17. The number of hydrogen-bond donors (Lipinski definition) is 1. The van der Waals surface area contributed by atoms with Gasteiger partial charge in [-0.15, -0.1) is 0 Å². The molecule has 7 heteroatoms. The molecule has 1 aliphatic rings. The Bertz CT molecular complexity index is 757. The Morgan fingerprint density at radius 1 is 1.24 bits per heavy atom. The quantitative estimate of drug-likeness (QED) is 0.940. The van der Waals surface area contributed by atoms with Gasteiger partial charge in [-0.1, -0.05) is 11.6 Å². The number of pyridine rings is 1. The fourth-order valence-corrected chi connectivity index (χ4v) is 2.14.